The molecular weight excluding hydrogens is 389 g/mol. The van der Waals surface area contributed by atoms with Crippen LogP contribution in [0.3, 0.4) is 0 Å². The molecule has 1 fully saturated rings. The molecule has 21 heavy (non-hydrogen) atoms. The molecule has 0 spiro atoms. The number of halogens is 1. The lowest BCUT2D eigenvalue weighted by Crippen LogP contribution is -2.41. The standard InChI is InChI=1S/C12H12IN5O3/c13-6-2-18(11-9(6)10(15)16-5-17-11)8-1-7(20)12(3-14,4-19)21-8/h2,5,7-8,19-20H,1,4H2,(H2,15,16,17)/t7-,8+,12+/m0/s1. The van der Waals surface area contributed by atoms with Crippen molar-refractivity contribution in [2.75, 3.05) is 12.3 Å². The van der Waals surface area contributed by atoms with Gasteiger partial charge in [0.1, 0.15) is 36.2 Å². The van der Waals surface area contributed by atoms with E-state index in [0.29, 0.717) is 16.9 Å². The number of anilines is 1. The van der Waals surface area contributed by atoms with Crippen LogP contribution in [0.15, 0.2) is 12.5 Å². The molecule has 3 rings (SSSR count). The third-order valence-corrected chi connectivity index (χ3v) is 4.45. The maximum absolute atomic E-state index is 10.0. The highest BCUT2D eigenvalue weighted by Crippen LogP contribution is 2.39. The Kier molecular flexibility index (Phi) is 3.48. The van der Waals surface area contributed by atoms with E-state index in [2.05, 4.69) is 32.6 Å². The first-order chi connectivity index (χ1) is 10.0. The van der Waals surface area contributed by atoms with E-state index < -0.39 is 24.5 Å². The van der Waals surface area contributed by atoms with Crippen LogP contribution >= 0.6 is 22.6 Å². The minimum absolute atomic E-state index is 0.178. The molecule has 9 heteroatoms. The van der Waals surface area contributed by atoms with E-state index in [9.17, 15) is 10.2 Å². The van der Waals surface area contributed by atoms with Gasteiger partial charge in [0.25, 0.3) is 0 Å². The van der Waals surface area contributed by atoms with E-state index in [1.54, 1.807) is 10.8 Å². The molecule has 0 unspecified atom stereocenters. The van der Waals surface area contributed by atoms with Crippen LogP contribution < -0.4 is 5.73 Å². The molecule has 3 atom stereocenters. The summed E-state index contributed by atoms with van der Waals surface area (Å²) < 4.78 is 8.15. The van der Waals surface area contributed by atoms with Crippen molar-refractivity contribution in [1.29, 1.82) is 5.26 Å². The summed E-state index contributed by atoms with van der Waals surface area (Å²) in [6, 6.07) is 1.85. The molecule has 4 N–H and O–H groups in total. The monoisotopic (exact) mass is 401 g/mol. The maximum atomic E-state index is 10.0. The van der Waals surface area contributed by atoms with Gasteiger partial charge in [-0.1, -0.05) is 0 Å². The quantitative estimate of drug-likeness (QED) is 0.611. The van der Waals surface area contributed by atoms with Crippen molar-refractivity contribution in [3.63, 3.8) is 0 Å². The van der Waals surface area contributed by atoms with Crippen LogP contribution in [0.5, 0.6) is 0 Å². The van der Waals surface area contributed by atoms with Gasteiger partial charge in [0.05, 0.1) is 12.0 Å². The lowest BCUT2D eigenvalue weighted by Gasteiger charge is -2.21. The first-order valence-corrected chi connectivity index (χ1v) is 7.25. The topological polar surface area (TPSA) is 130 Å². The number of aliphatic hydroxyl groups is 2. The number of nitrogen functional groups attached to an aromatic ring is 1. The Morgan fingerprint density at radius 2 is 2.38 bits per heavy atom. The minimum atomic E-state index is -1.61. The number of hydrogen-bond donors (Lipinski definition) is 3. The van der Waals surface area contributed by atoms with Crippen molar-refractivity contribution in [2.45, 2.75) is 24.4 Å². The van der Waals surface area contributed by atoms with Crippen LogP contribution in [-0.2, 0) is 4.74 Å². The van der Waals surface area contributed by atoms with Crippen molar-refractivity contribution in [1.82, 2.24) is 14.5 Å². The predicted molar refractivity (Wildman–Crippen MR) is 80.8 cm³/mol. The summed E-state index contributed by atoms with van der Waals surface area (Å²) in [6.07, 6.45) is 1.62. The fourth-order valence-corrected chi connectivity index (χ4v) is 3.30. The summed E-state index contributed by atoms with van der Waals surface area (Å²) in [6.45, 7) is -0.575. The fourth-order valence-electron chi connectivity index (χ4n) is 2.48. The number of hydrogen-bond acceptors (Lipinski definition) is 7. The van der Waals surface area contributed by atoms with Crippen LogP contribution in [0.25, 0.3) is 11.0 Å². The smallest absolute Gasteiger partial charge is 0.205 e. The lowest BCUT2D eigenvalue weighted by atomic mass is 10.00. The molecule has 0 amide bonds. The van der Waals surface area contributed by atoms with Crippen molar-refractivity contribution < 1.29 is 14.9 Å². The highest BCUT2D eigenvalue weighted by molar-refractivity contribution is 14.1. The largest absolute Gasteiger partial charge is 0.392 e. The molecule has 2 aromatic heterocycles. The second-order valence-electron chi connectivity index (χ2n) is 4.83. The zero-order valence-electron chi connectivity index (χ0n) is 10.8. The molecule has 0 saturated carbocycles. The number of nitriles is 1. The van der Waals surface area contributed by atoms with Gasteiger partial charge in [0.15, 0.2) is 0 Å². The summed E-state index contributed by atoms with van der Waals surface area (Å²) in [7, 11) is 0. The van der Waals surface area contributed by atoms with Crippen molar-refractivity contribution >= 4 is 39.4 Å². The molecule has 0 radical (unpaired) electrons. The van der Waals surface area contributed by atoms with Crippen molar-refractivity contribution in [3.05, 3.63) is 16.1 Å². The van der Waals surface area contributed by atoms with E-state index in [1.165, 1.54) is 6.33 Å². The number of ether oxygens (including phenoxy) is 1. The van der Waals surface area contributed by atoms with E-state index in [1.807, 2.05) is 6.07 Å². The SMILES string of the molecule is N#C[C@]1(CO)O[C@@H](n2cc(I)c3c(N)ncnc32)C[C@@H]1O. The number of nitrogens with zero attached hydrogens (tertiary/aromatic N) is 4. The van der Waals surface area contributed by atoms with Crippen molar-refractivity contribution in [3.8, 4) is 6.07 Å². The molecule has 1 aliphatic heterocycles. The van der Waals surface area contributed by atoms with Gasteiger partial charge in [-0.3, -0.25) is 0 Å². The highest BCUT2D eigenvalue weighted by atomic mass is 127. The van der Waals surface area contributed by atoms with Crippen LogP contribution in [0, 0.1) is 14.9 Å². The van der Waals surface area contributed by atoms with Gasteiger partial charge in [-0.15, -0.1) is 0 Å². The van der Waals surface area contributed by atoms with Crippen LogP contribution in [0.4, 0.5) is 5.82 Å². The Labute approximate surface area is 133 Å². The number of rotatable bonds is 2. The Balaban J connectivity index is 2.08. The van der Waals surface area contributed by atoms with Crippen molar-refractivity contribution in [2.24, 2.45) is 0 Å². The Morgan fingerprint density at radius 3 is 3.00 bits per heavy atom. The van der Waals surface area contributed by atoms with Crippen LogP contribution in [0.1, 0.15) is 12.6 Å². The second kappa shape index (κ2) is 5.06. The van der Waals surface area contributed by atoms with Crippen LogP contribution in [-0.4, -0.2) is 43.1 Å². The van der Waals surface area contributed by atoms with Gasteiger partial charge >= 0.3 is 0 Å². The maximum Gasteiger partial charge on any atom is 0.205 e. The molecule has 1 saturated heterocycles. The minimum Gasteiger partial charge on any atom is -0.392 e. The average molecular weight is 401 g/mol. The molecule has 8 nitrogen and oxygen atoms in total. The summed E-state index contributed by atoms with van der Waals surface area (Å²) >= 11 is 2.11. The Hall–Kier alpha value is -1.48. The zero-order chi connectivity index (χ0) is 15.2. The van der Waals surface area contributed by atoms with E-state index in [0.717, 1.165) is 3.57 Å². The molecule has 0 aliphatic carbocycles. The normalized spacial score (nSPS) is 28.9. The molecule has 0 bridgehead atoms. The molecule has 3 heterocycles. The molecule has 2 aromatic rings. The summed E-state index contributed by atoms with van der Waals surface area (Å²) in [5, 5.41) is 29.2. The summed E-state index contributed by atoms with van der Waals surface area (Å²) in [5.74, 6) is 0.357. The van der Waals surface area contributed by atoms with Gasteiger partial charge in [-0.25, -0.2) is 9.97 Å². The Morgan fingerprint density at radius 1 is 1.62 bits per heavy atom. The third kappa shape index (κ3) is 2.06. The molecular formula is C12H12IN5O3. The number of nitrogens with two attached hydrogens (primary N) is 1. The van der Waals surface area contributed by atoms with E-state index >= 15 is 0 Å². The van der Waals surface area contributed by atoms with Gasteiger partial charge in [0, 0.05) is 16.2 Å². The first-order valence-electron chi connectivity index (χ1n) is 6.17. The van der Waals surface area contributed by atoms with Gasteiger partial charge in [-0.2, -0.15) is 5.26 Å². The molecule has 1 aliphatic rings. The third-order valence-electron chi connectivity index (χ3n) is 3.64. The summed E-state index contributed by atoms with van der Waals surface area (Å²) in [4.78, 5) is 8.14. The van der Waals surface area contributed by atoms with E-state index in [-0.39, 0.29) is 6.42 Å². The highest BCUT2D eigenvalue weighted by Gasteiger charge is 2.49. The Bertz CT molecular complexity index is 742. The van der Waals surface area contributed by atoms with E-state index in [4.69, 9.17) is 15.7 Å². The van der Waals surface area contributed by atoms with Crippen LogP contribution in [0.2, 0.25) is 0 Å². The first kappa shape index (κ1) is 14.5. The fraction of sp³-hybridized carbons (Fsp3) is 0.417. The lowest BCUT2D eigenvalue weighted by molar-refractivity contribution is -0.0903. The predicted octanol–water partition coefficient (Wildman–Crippen LogP) is 0.153. The number of aromatic nitrogens is 3. The molecule has 110 valence electrons. The number of fused-ring (bicyclic) bond motifs is 1. The second-order valence-corrected chi connectivity index (χ2v) is 5.99. The summed E-state index contributed by atoms with van der Waals surface area (Å²) in [5.41, 5.74) is 4.81. The van der Waals surface area contributed by atoms with Gasteiger partial charge in [0.2, 0.25) is 5.60 Å². The molecule has 0 aromatic carbocycles. The van der Waals surface area contributed by atoms with Gasteiger partial charge in [-0.05, 0) is 22.6 Å². The average Bonchev–Trinajstić information content (AvgIpc) is 2.98. The van der Waals surface area contributed by atoms with Gasteiger partial charge < -0.3 is 25.3 Å². The number of aliphatic hydroxyl groups excluding tert-OH is 2. The zero-order valence-corrected chi connectivity index (χ0v) is 12.9.